The van der Waals surface area contributed by atoms with Crippen LogP contribution in [0.25, 0.3) is 0 Å². The summed E-state index contributed by atoms with van der Waals surface area (Å²) in [6.07, 6.45) is 0. The molecule has 2 rings (SSSR count). The van der Waals surface area contributed by atoms with Gasteiger partial charge in [-0.25, -0.2) is 0 Å². The molecule has 2 N–H and O–H groups in total. The van der Waals surface area contributed by atoms with Crippen molar-refractivity contribution < 1.29 is 4.79 Å². The minimum Gasteiger partial charge on any atom is -0.398 e. The Morgan fingerprint density at radius 1 is 1.24 bits per heavy atom. The molecular weight excluding hydrogens is 284 g/mol. The molecule has 0 unspecified atom stereocenters. The fraction of sp³-hybridized carbons (Fsp3) is 0.235. The summed E-state index contributed by atoms with van der Waals surface area (Å²) in [5.41, 5.74) is 9.06. The van der Waals surface area contributed by atoms with E-state index in [4.69, 9.17) is 17.3 Å². The molecular formula is C17H19ClN2O. The summed E-state index contributed by atoms with van der Waals surface area (Å²) in [6, 6.07) is 13.2. The molecule has 0 saturated heterocycles. The molecule has 0 radical (unpaired) electrons. The van der Waals surface area contributed by atoms with E-state index in [1.807, 2.05) is 32.0 Å². The maximum atomic E-state index is 12.6. The highest BCUT2D eigenvalue weighted by Gasteiger charge is 2.15. The Morgan fingerprint density at radius 3 is 2.62 bits per heavy atom. The lowest BCUT2D eigenvalue weighted by Crippen LogP contribution is -2.30. The molecule has 0 bridgehead atoms. The van der Waals surface area contributed by atoms with Crippen LogP contribution in [0.2, 0.25) is 5.02 Å². The number of benzene rings is 2. The van der Waals surface area contributed by atoms with Crippen LogP contribution in [0.15, 0.2) is 42.5 Å². The molecule has 0 saturated carbocycles. The van der Waals surface area contributed by atoms with Gasteiger partial charge in [0.1, 0.15) is 0 Å². The summed E-state index contributed by atoms with van der Waals surface area (Å²) < 4.78 is 0. The normalized spacial score (nSPS) is 10.4. The lowest BCUT2D eigenvalue weighted by molar-refractivity contribution is 0.0752. The van der Waals surface area contributed by atoms with Crippen LogP contribution in [0.3, 0.4) is 0 Å². The molecule has 110 valence electrons. The van der Waals surface area contributed by atoms with Crippen molar-refractivity contribution in [2.75, 3.05) is 12.3 Å². The zero-order chi connectivity index (χ0) is 15.4. The third kappa shape index (κ3) is 3.76. The van der Waals surface area contributed by atoms with E-state index in [0.717, 1.165) is 5.56 Å². The van der Waals surface area contributed by atoms with Gasteiger partial charge < -0.3 is 10.6 Å². The molecule has 21 heavy (non-hydrogen) atoms. The first-order valence-electron chi connectivity index (χ1n) is 6.91. The molecule has 1 amide bonds. The number of nitrogen functional groups attached to an aromatic ring is 1. The van der Waals surface area contributed by atoms with E-state index >= 15 is 0 Å². The minimum atomic E-state index is -0.0395. The quantitative estimate of drug-likeness (QED) is 0.871. The second-order valence-electron chi connectivity index (χ2n) is 5.04. The van der Waals surface area contributed by atoms with Gasteiger partial charge in [-0.1, -0.05) is 41.4 Å². The van der Waals surface area contributed by atoms with E-state index in [1.165, 1.54) is 5.56 Å². The van der Waals surface area contributed by atoms with Gasteiger partial charge in [-0.2, -0.15) is 0 Å². The van der Waals surface area contributed by atoms with Gasteiger partial charge in [0.25, 0.3) is 5.91 Å². The van der Waals surface area contributed by atoms with Crippen LogP contribution in [-0.2, 0) is 6.54 Å². The van der Waals surface area contributed by atoms with Crippen molar-refractivity contribution in [3.63, 3.8) is 0 Å². The van der Waals surface area contributed by atoms with Crippen LogP contribution >= 0.6 is 11.6 Å². The summed E-state index contributed by atoms with van der Waals surface area (Å²) >= 11 is 5.90. The number of aryl methyl sites for hydroxylation is 1. The third-order valence-corrected chi connectivity index (χ3v) is 3.71. The van der Waals surface area contributed by atoms with E-state index in [-0.39, 0.29) is 5.91 Å². The van der Waals surface area contributed by atoms with Crippen LogP contribution in [-0.4, -0.2) is 17.4 Å². The van der Waals surface area contributed by atoms with Crippen molar-refractivity contribution in [3.8, 4) is 0 Å². The zero-order valence-electron chi connectivity index (χ0n) is 12.3. The Morgan fingerprint density at radius 2 is 2.00 bits per heavy atom. The number of halogens is 1. The molecule has 2 aromatic rings. The molecule has 0 aliphatic carbocycles. The molecule has 0 fully saturated rings. The average Bonchev–Trinajstić information content (AvgIpc) is 2.47. The van der Waals surface area contributed by atoms with Crippen molar-refractivity contribution in [2.45, 2.75) is 20.4 Å². The summed E-state index contributed by atoms with van der Waals surface area (Å²) in [6.45, 7) is 5.23. The zero-order valence-corrected chi connectivity index (χ0v) is 13.0. The minimum absolute atomic E-state index is 0.0395. The van der Waals surface area contributed by atoms with Gasteiger partial charge in [0.2, 0.25) is 0 Å². The van der Waals surface area contributed by atoms with Crippen molar-refractivity contribution in [2.24, 2.45) is 0 Å². The molecule has 0 aromatic heterocycles. The van der Waals surface area contributed by atoms with Gasteiger partial charge in [0.05, 0.1) is 10.7 Å². The molecule has 3 nitrogen and oxygen atoms in total. The van der Waals surface area contributed by atoms with Gasteiger partial charge in [-0.15, -0.1) is 0 Å². The summed E-state index contributed by atoms with van der Waals surface area (Å²) in [5.74, 6) is -0.0395. The SMILES string of the molecule is CCN(Cc1cccc(C)c1)C(=O)c1ccc(Cl)c(N)c1. The molecule has 0 heterocycles. The van der Waals surface area contributed by atoms with Gasteiger partial charge in [-0.3, -0.25) is 4.79 Å². The molecule has 0 atom stereocenters. The maximum Gasteiger partial charge on any atom is 0.254 e. The number of nitrogens with zero attached hydrogens (tertiary/aromatic N) is 1. The van der Waals surface area contributed by atoms with Gasteiger partial charge in [0.15, 0.2) is 0 Å². The molecule has 0 aliphatic heterocycles. The predicted octanol–water partition coefficient (Wildman–Crippen LogP) is 3.89. The van der Waals surface area contributed by atoms with Crippen LogP contribution in [0, 0.1) is 6.92 Å². The van der Waals surface area contributed by atoms with Crippen molar-refractivity contribution in [1.29, 1.82) is 0 Å². The van der Waals surface area contributed by atoms with Gasteiger partial charge in [0, 0.05) is 18.7 Å². The molecule has 0 aliphatic rings. The first-order valence-corrected chi connectivity index (χ1v) is 7.29. The first-order chi connectivity index (χ1) is 10.0. The highest BCUT2D eigenvalue weighted by molar-refractivity contribution is 6.33. The predicted molar refractivity (Wildman–Crippen MR) is 87.5 cm³/mol. The Labute approximate surface area is 130 Å². The molecule has 4 heteroatoms. The Kier molecular flexibility index (Phi) is 4.86. The molecule has 0 spiro atoms. The number of hydrogen-bond donors (Lipinski definition) is 1. The van der Waals surface area contributed by atoms with Crippen molar-refractivity contribution in [1.82, 2.24) is 4.90 Å². The Hall–Kier alpha value is -2.00. The van der Waals surface area contributed by atoms with E-state index in [1.54, 1.807) is 23.1 Å². The summed E-state index contributed by atoms with van der Waals surface area (Å²) in [7, 11) is 0. The van der Waals surface area contributed by atoms with Crippen LogP contribution in [0.1, 0.15) is 28.4 Å². The maximum absolute atomic E-state index is 12.6. The highest BCUT2D eigenvalue weighted by Crippen LogP contribution is 2.21. The highest BCUT2D eigenvalue weighted by atomic mass is 35.5. The van der Waals surface area contributed by atoms with Crippen LogP contribution < -0.4 is 5.73 Å². The second-order valence-corrected chi connectivity index (χ2v) is 5.45. The number of carbonyl (C=O) groups is 1. The van der Waals surface area contributed by atoms with E-state index < -0.39 is 0 Å². The van der Waals surface area contributed by atoms with Crippen LogP contribution in [0.4, 0.5) is 5.69 Å². The average molecular weight is 303 g/mol. The number of nitrogens with two attached hydrogens (primary N) is 1. The largest absolute Gasteiger partial charge is 0.398 e. The lowest BCUT2D eigenvalue weighted by atomic mass is 10.1. The van der Waals surface area contributed by atoms with Crippen molar-refractivity contribution in [3.05, 3.63) is 64.2 Å². The fourth-order valence-electron chi connectivity index (χ4n) is 2.22. The Balaban J connectivity index is 2.20. The fourth-order valence-corrected chi connectivity index (χ4v) is 2.34. The van der Waals surface area contributed by atoms with Gasteiger partial charge in [-0.05, 0) is 37.6 Å². The summed E-state index contributed by atoms with van der Waals surface area (Å²) in [5, 5.41) is 0.466. The smallest absolute Gasteiger partial charge is 0.254 e. The second kappa shape index (κ2) is 6.64. The number of anilines is 1. The Bertz CT molecular complexity index is 655. The van der Waals surface area contributed by atoms with Crippen LogP contribution in [0.5, 0.6) is 0 Å². The first kappa shape index (κ1) is 15.4. The third-order valence-electron chi connectivity index (χ3n) is 3.37. The van der Waals surface area contributed by atoms with Crippen molar-refractivity contribution >= 4 is 23.2 Å². The lowest BCUT2D eigenvalue weighted by Gasteiger charge is -2.21. The summed E-state index contributed by atoms with van der Waals surface area (Å²) in [4.78, 5) is 14.3. The van der Waals surface area contributed by atoms with Gasteiger partial charge >= 0.3 is 0 Å². The number of carbonyl (C=O) groups excluding carboxylic acids is 1. The van der Waals surface area contributed by atoms with E-state index in [2.05, 4.69) is 6.07 Å². The molecule has 2 aromatic carbocycles. The number of rotatable bonds is 4. The standard InChI is InChI=1S/C17H19ClN2O/c1-3-20(11-13-6-4-5-12(2)9-13)17(21)14-7-8-15(18)16(19)10-14/h4-10H,3,11,19H2,1-2H3. The van der Waals surface area contributed by atoms with E-state index in [9.17, 15) is 4.79 Å². The number of amides is 1. The monoisotopic (exact) mass is 302 g/mol. The van der Waals surface area contributed by atoms with E-state index in [0.29, 0.717) is 29.4 Å². The number of hydrogen-bond acceptors (Lipinski definition) is 2. The topological polar surface area (TPSA) is 46.3 Å².